The zero-order valence-corrected chi connectivity index (χ0v) is 19.4. The summed E-state index contributed by atoms with van der Waals surface area (Å²) in [5, 5.41) is 20.3. The van der Waals surface area contributed by atoms with Crippen LogP contribution in [0.25, 0.3) is 0 Å². The summed E-state index contributed by atoms with van der Waals surface area (Å²) in [5.74, 6) is 0. The first-order valence-electron chi connectivity index (χ1n) is 11.7. The fraction of sp³-hybridized carbons (Fsp3) is 0.357. The maximum absolute atomic E-state index is 14.8. The van der Waals surface area contributed by atoms with E-state index in [1.807, 2.05) is 91.0 Å². The normalized spacial score (nSPS) is 25.3. The van der Waals surface area contributed by atoms with Crippen molar-refractivity contribution < 1.29 is 33.6 Å². The first-order chi connectivity index (χ1) is 17.2. The summed E-state index contributed by atoms with van der Waals surface area (Å²) in [6.45, 7) is -0.191. The summed E-state index contributed by atoms with van der Waals surface area (Å²) in [5.41, 5.74) is 2.71. The number of hydrogen-bond donors (Lipinski definition) is 2. The lowest BCUT2D eigenvalue weighted by Gasteiger charge is -2.45. The molecule has 186 valence electrons. The molecule has 0 saturated carbocycles. The number of hydrogen-bond acceptors (Lipinski definition) is 6. The molecule has 0 amide bonds. The average Bonchev–Trinajstić information content (AvgIpc) is 2.91. The van der Waals surface area contributed by atoms with Crippen LogP contribution in [0.1, 0.15) is 16.7 Å². The molecule has 0 spiro atoms. The minimum Gasteiger partial charge on any atom is -0.393 e. The maximum atomic E-state index is 14.8. The molecule has 1 fully saturated rings. The van der Waals surface area contributed by atoms with Gasteiger partial charge in [0.15, 0.2) is 12.5 Å². The number of benzene rings is 3. The summed E-state index contributed by atoms with van der Waals surface area (Å²) >= 11 is 0. The molecule has 6 atom stereocenters. The van der Waals surface area contributed by atoms with Crippen molar-refractivity contribution in [2.75, 3.05) is 6.61 Å². The Kier molecular flexibility index (Phi) is 9.36. The predicted molar refractivity (Wildman–Crippen MR) is 128 cm³/mol. The summed E-state index contributed by atoms with van der Waals surface area (Å²) in [7, 11) is 0. The van der Waals surface area contributed by atoms with Gasteiger partial charge >= 0.3 is 0 Å². The number of rotatable bonds is 11. The minimum atomic E-state index is -1.77. The van der Waals surface area contributed by atoms with Gasteiger partial charge in [-0.15, -0.1) is 0 Å². The van der Waals surface area contributed by atoms with E-state index < -0.39 is 43.5 Å². The molecule has 4 rings (SSSR count). The van der Waals surface area contributed by atoms with Crippen LogP contribution in [0.15, 0.2) is 91.0 Å². The van der Waals surface area contributed by atoms with Gasteiger partial charge < -0.3 is 29.2 Å². The van der Waals surface area contributed by atoms with Crippen LogP contribution in [0, 0.1) is 0 Å². The van der Waals surface area contributed by atoms with Crippen LogP contribution in [-0.2, 0) is 38.8 Å². The molecule has 1 heterocycles. The monoisotopic (exact) mass is 482 g/mol. The van der Waals surface area contributed by atoms with Crippen LogP contribution < -0.4 is 0 Å². The topological polar surface area (TPSA) is 77.4 Å². The van der Waals surface area contributed by atoms with Crippen LogP contribution in [0.4, 0.5) is 4.39 Å². The van der Waals surface area contributed by atoms with Crippen molar-refractivity contribution in [3.8, 4) is 0 Å². The van der Waals surface area contributed by atoms with Crippen molar-refractivity contribution in [1.82, 2.24) is 0 Å². The molecule has 0 radical (unpaired) electrons. The van der Waals surface area contributed by atoms with E-state index in [9.17, 15) is 14.6 Å². The fourth-order valence-corrected chi connectivity index (χ4v) is 4.10. The molecule has 6 nitrogen and oxygen atoms in total. The molecule has 3 aromatic rings. The van der Waals surface area contributed by atoms with Crippen molar-refractivity contribution >= 4 is 0 Å². The van der Waals surface area contributed by atoms with Gasteiger partial charge in [-0.25, -0.2) is 4.39 Å². The van der Waals surface area contributed by atoms with E-state index in [0.717, 1.165) is 16.7 Å². The zero-order valence-electron chi connectivity index (χ0n) is 19.4. The van der Waals surface area contributed by atoms with E-state index in [2.05, 4.69) is 0 Å². The molecule has 1 aliphatic rings. The van der Waals surface area contributed by atoms with Crippen LogP contribution >= 0.6 is 0 Å². The van der Waals surface area contributed by atoms with E-state index >= 15 is 0 Å². The standard InChI is InChI=1S/C28H31FO6/c29-23(16-30)24-25(32-17-20-10-4-1-5-11-20)26(33-18-21-12-6-2-7-13-21)27(28(31)35-24)34-19-22-14-8-3-9-15-22/h1-15,23-28,30-31H,16-19H2/t23?,24-,25-,26+,27+,28+/m1/s1. The molecule has 3 aromatic carbocycles. The zero-order chi connectivity index (χ0) is 24.5. The van der Waals surface area contributed by atoms with E-state index in [1.165, 1.54) is 0 Å². The first kappa shape index (κ1) is 25.4. The maximum Gasteiger partial charge on any atom is 0.184 e. The number of alkyl halides is 1. The highest BCUT2D eigenvalue weighted by Gasteiger charge is 2.50. The molecule has 0 aliphatic carbocycles. The summed E-state index contributed by atoms with van der Waals surface area (Å²) in [6, 6.07) is 28.5. The predicted octanol–water partition coefficient (Wildman–Crippen LogP) is 3.79. The molecule has 1 aliphatic heterocycles. The highest BCUT2D eigenvalue weighted by molar-refractivity contribution is 5.15. The lowest BCUT2D eigenvalue weighted by molar-refractivity contribution is -0.320. The van der Waals surface area contributed by atoms with Gasteiger partial charge in [0.2, 0.25) is 0 Å². The summed E-state index contributed by atoms with van der Waals surface area (Å²) < 4.78 is 38.9. The molecule has 0 bridgehead atoms. The Morgan fingerprint density at radius 1 is 0.657 bits per heavy atom. The Morgan fingerprint density at radius 3 is 1.49 bits per heavy atom. The third-order valence-electron chi connectivity index (χ3n) is 5.94. The Balaban J connectivity index is 1.58. The highest BCUT2D eigenvalue weighted by atomic mass is 19.1. The smallest absolute Gasteiger partial charge is 0.184 e. The van der Waals surface area contributed by atoms with Crippen LogP contribution in [0.5, 0.6) is 0 Å². The third-order valence-corrected chi connectivity index (χ3v) is 5.94. The van der Waals surface area contributed by atoms with Crippen molar-refractivity contribution in [3.63, 3.8) is 0 Å². The van der Waals surface area contributed by atoms with Gasteiger partial charge in [0.05, 0.1) is 26.4 Å². The second-order valence-corrected chi connectivity index (χ2v) is 8.47. The highest BCUT2D eigenvalue weighted by Crippen LogP contribution is 2.31. The molecular weight excluding hydrogens is 451 g/mol. The Bertz CT molecular complexity index is 990. The third kappa shape index (κ3) is 6.95. The largest absolute Gasteiger partial charge is 0.393 e. The van der Waals surface area contributed by atoms with E-state index in [4.69, 9.17) is 18.9 Å². The Morgan fingerprint density at radius 2 is 1.06 bits per heavy atom. The van der Waals surface area contributed by atoms with E-state index in [-0.39, 0.29) is 19.8 Å². The number of aliphatic hydroxyl groups excluding tert-OH is 2. The van der Waals surface area contributed by atoms with Crippen molar-refractivity contribution in [1.29, 1.82) is 0 Å². The van der Waals surface area contributed by atoms with Crippen LogP contribution in [-0.4, -0.2) is 53.7 Å². The van der Waals surface area contributed by atoms with E-state index in [0.29, 0.717) is 0 Å². The van der Waals surface area contributed by atoms with Crippen LogP contribution in [0.2, 0.25) is 0 Å². The molecule has 0 aromatic heterocycles. The molecule has 35 heavy (non-hydrogen) atoms. The molecule has 1 saturated heterocycles. The Labute approximate surface area is 204 Å². The first-order valence-corrected chi connectivity index (χ1v) is 11.7. The van der Waals surface area contributed by atoms with Gasteiger partial charge in [-0.2, -0.15) is 0 Å². The quantitative estimate of drug-likeness (QED) is 0.433. The second-order valence-electron chi connectivity index (χ2n) is 8.47. The second kappa shape index (κ2) is 12.9. The lowest BCUT2D eigenvalue weighted by Crippen LogP contribution is -2.62. The van der Waals surface area contributed by atoms with Gasteiger partial charge in [-0.3, -0.25) is 0 Å². The molecule has 1 unspecified atom stereocenters. The van der Waals surface area contributed by atoms with Gasteiger partial charge in [0.1, 0.15) is 24.4 Å². The van der Waals surface area contributed by atoms with Gasteiger partial charge in [0.25, 0.3) is 0 Å². The number of halogens is 1. The van der Waals surface area contributed by atoms with Crippen LogP contribution in [0.3, 0.4) is 0 Å². The minimum absolute atomic E-state index is 0.177. The van der Waals surface area contributed by atoms with Gasteiger partial charge in [0, 0.05) is 0 Å². The average molecular weight is 483 g/mol. The Hall–Kier alpha value is -2.65. The number of ether oxygens (including phenoxy) is 4. The fourth-order valence-electron chi connectivity index (χ4n) is 4.10. The number of aliphatic hydroxyl groups is 2. The van der Waals surface area contributed by atoms with Crippen molar-refractivity contribution in [3.05, 3.63) is 108 Å². The molecular formula is C28H31FO6. The summed E-state index contributed by atoms with van der Waals surface area (Å²) in [4.78, 5) is 0. The molecule has 2 N–H and O–H groups in total. The summed E-state index contributed by atoms with van der Waals surface area (Å²) in [6.07, 6.45) is -7.22. The van der Waals surface area contributed by atoms with E-state index in [1.54, 1.807) is 0 Å². The SMILES string of the molecule is OCC(F)[C@H]1O[C@H](O)[C@@H](OCc2ccccc2)[C@@H](OCc2ccccc2)[C@@H]1OCc1ccccc1. The van der Waals surface area contributed by atoms with Crippen molar-refractivity contribution in [2.24, 2.45) is 0 Å². The van der Waals surface area contributed by atoms with Gasteiger partial charge in [-0.05, 0) is 16.7 Å². The lowest BCUT2D eigenvalue weighted by atomic mass is 9.95. The van der Waals surface area contributed by atoms with Crippen molar-refractivity contribution in [2.45, 2.75) is 56.7 Å². The molecule has 7 heteroatoms. The van der Waals surface area contributed by atoms with Gasteiger partial charge in [-0.1, -0.05) is 91.0 Å².